The first-order valence-electron chi connectivity index (χ1n) is 6.10. The third-order valence-electron chi connectivity index (χ3n) is 2.95. The third-order valence-corrected chi connectivity index (χ3v) is 3.40. The number of esters is 1. The zero-order valence-corrected chi connectivity index (χ0v) is 12.2. The summed E-state index contributed by atoms with van der Waals surface area (Å²) >= 11 is 6.22. The summed E-state index contributed by atoms with van der Waals surface area (Å²) in [7, 11) is 1.25. The fourth-order valence-electron chi connectivity index (χ4n) is 2.03. The van der Waals surface area contributed by atoms with Crippen LogP contribution in [0.15, 0.2) is 18.2 Å². The first kappa shape index (κ1) is 14.5. The lowest BCUT2D eigenvalue weighted by Crippen LogP contribution is -2.04. The molecule has 0 saturated carbocycles. The van der Waals surface area contributed by atoms with Gasteiger partial charge in [0.25, 0.3) is 0 Å². The van der Waals surface area contributed by atoms with Crippen molar-refractivity contribution in [1.82, 2.24) is 9.78 Å². The smallest absolute Gasteiger partial charge is 0.337 e. The molecule has 0 unspecified atom stereocenters. The second kappa shape index (κ2) is 5.63. The highest BCUT2D eigenvalue weighted by molar-refractivity contribution is 6.33. The van der Waals surface area contributed by atoms with Gasteiger partial charge in [-0.15, -0.1) is 0 Å². The minimum Gasteiger partial charge on any atom is -0.465 e. The molecule has 1 aromatic carbocycles. The predicted molar refractivity (Wildman–Crippen MR) is 74.4 cm³/mol. The fraction of sp³-hybridized carbons (Fsp3) is 0.286. The summed E-state index contributed by atoms with van der Waals surface area (Å²) in [6, 6.07) is 3.99. The van der Waals surface area contributed by atoms with Gasteiger partial charge < -0.3 is 4.74 Å². The van der Waals surface area contributed by atoms with Crippen LogP contribution < -0.4 is 0 Å². The van der Waals surface area contributed by atoms with Crippen LogP contribution in [-0.4, -0.2) is 22.9 Å². The fourth-order valence-corrected chi connectivity index (χ4v) is 2.27. The summed E-state index contributed by atoms with van der Waals surface area (Å²) < 4.78 is 20.0. The number of nitrogens with zero attached hydrogens (tertiary/aromatic N) is 2. The van der Waals surface area contributed by atoms with Crippen molar-refractivity contribution >= 4 is 17.6 Å². The van der Waals surface area contributed by atoms with E-state index in [1.54, 1.807) is 17.7 Å². The standard InChI is InChI=1S/C14H14ClFN2O2/c1-4-18-13(12(15)8(2)17-18)9-5-10(14(19)20-3)7-11(16)6-9/h5-7H,4H2,1-3H3. The molecule has 0 radical (unpaired) electrons. The quantitative estimate of drug-likeness (QED) is 0.815. The molecule has 0 N–H and O–H groups in total. The Morgan fingerprint density at radius 1 is 1.45 bits per heavy atom. The predicted octanol–water partition coefficient (Wildman–Crippen LogP) is 3.46. The van der Waals surface area contributed by atoms with Gasteiger partial charge in [-0.3, -0.25) is 4.68 Å². The highest BCUT2D eigenvalue weighted by Gasteiger charge is 2.17. The van der Waals surface area contributed by atoms with Crippen LogP contribution in [0.4, 0.5) is 4.39 Å². The molecule has 0 saturated heterocycles. The normalized spacial score (nSPS) is 10.7. The highest BCUT2D eigenvalue weighted by atomic mass is 35.5. The number of hydrogen-bond donors (Lipinski definition) is 0. The van der Waals surface area contributed by atoms with Crippen LogP contribution in [0, 0.1) is 12.7 Å². The molecule has 2 aromatic rings. The molecule has 4 nitrogen and oxygen atoms in total. The topological polar surface area (TPSA) is 44.1 Å². The summed E-state index contributed by atoms with van der Waals surface area (Å²) in [4.78, 5) is 11.5. The number of carbonyl (C=O) groups excluding carboxylic acids is 1. The van der Waals surface area contributed by atoms with E-state index in [2.05, 4.69) is 9.84 Å². The molecule has 20 heavy (non-hydrogen) atoms. The summed E-state index contributed by atoms with van der Waals surface area (Å²) in [6.45, 7) is 4.28. The lowest BCUT2D eigenvalue weighted by Gasteiger charge is -2.08. The van der Waals surface area contributed by atoms with Crippen LogP contribution in [0.25, 0.3) is 11.3 Å². The second-order valence-electron chi connectivity index (χ2n) is 4.28. The Morgan fingerprint density at radius 2 is 2.15 bits per heavy atom. The summed E-state index contributed by atoms with van der Waals surface area (Å²) in [6.07, 6.45) is 0. The maximum atomic E-state index is 13.7. The van der Waals surface area contributed by atoms with Gasteiger partial charge in [-0.05, 0) is 32.0 Å². The van der Waals surface area contributed by atoms with Crippen molar-refractivity contribution in [3.63, 3.8) is 0 Å². The van der Waals surface area contributed by atoms with Crippen LogP contribution >= 0.6 is 11.6 Å². The molecule has 2 rings (SSSR count). The number of halogens is 2. The Bertz CT molecular complexity index is 667. The average molecular weight is 297 g/mol. The van der Waals surface area contributed by atoms with Crippen molar-refractivity contribution in [3.05, 3.63) is 40.3 Å². The molecule has 6 heteroatoms. The lowest BCUT2D eigenvalue weighted by molar-refractivity contribution is 0.0600. The van der Waals surface area contributed by atoms with Crippen LogP contribution in [0.5, 0.6) is 0 Å². The van der Waals surface area contributed by atoms with E-state index in [9.17, 15) is 9.18 Å². The Hall–Kier alpha value is -1.88. The minimum absolute atomic E-state index is 0.139. The Kier molecular flexibility index (Phi) is 4.09. The van der Waals surface area contributed by atoms with Gasteiger partial charge in [0.2, 0.25) is 0 Å². The molecular weight excluding hydrogens is 283 g/mol. The van der Waals surface area contributed by atoms with E-state index in [0.717, 1.165) is 6.07 Å². The number of hydrogen-bond acceptors (Lipinski definition) is 3. The second-order valence-corrected chi connectivity index (χ2v) is 4.66. The van der Waals surface area contributed by atoms with Crippen molar-refractivity contribution in [1.29, 1.82) is 0 Å². The first-order chi connectivity index (χ1) is 9.47. The molecule has 0 fully saturated rings. The Morgan fingerprint density at radius 3 is 2.75 bits per heavy atom. The number of aryl methyl sites for hydroxylation is 2. The van der Waals surface area contributed by atoms with E-state index in [-0.39, 0.29) is 5.56 Å². The monoisotopic (exact) mass is 296 g/mol. The van der Waals surface area contributed by atoms with Gasteiger partial charge in [-0.25, -0.2) is 9.18 Å². The lowest BCUT2D eigenvalue weighted by atomic mass is 10.1. The zero-order chi connectivity index (χ0) is 14.9. The van der Waals surface area contributed by atoms with Crippen LogP contribution in [-0.2, 0) is 11.3 Å². The van der Waals surface area contributed by atoms with Crippen molar-refractivity contribution in [2.45, 2.75) is 20.4 Å². The Labute approximate surface area is 121 Å². The molecule has 0 bridgehead atoms. The average Bonchev–Trinajstić information content (AvgIpc) is 2.72. The number of aromatic nitrogens is 2. The maximum absolute atomic E-state index is 13.7. The highest BCUT2D eigenvalue weighted by Crippen LogP contribution is 2.31. The molecule has 1 heterocycles. The van der Waals surface area contributed by atoms with Gasteiger partial charge in [-0.2, -0.15) is 5.10 Å². The van der Waals surface area contributed by atoms with Gasteiger partial charge in [-0.1, -0.05) is 11.6 Å². The van der Waals surface area contributed by atoms with Gasteiger partial charge in [0.05, 0.1) is 29.1 Å². The number of benzene rings is 1. The van der Waals surface area contributed by atoms with Gasteiger partial charge >= 0.3 is 5.97 Å². The number of ether oxygens (including phenoxy) is 1. The summed E-state index contributed by atoms with van der Waals surface area (Å²) in [5.41, 5.74) is 1.89. The SMILES string of the molecule is CCn1nc(C)c(Cl)c1-c1cc(F)cc(C(=O)OC)c1. The maximum Gasteiger partial charge on any atom is 0.337 e. The van der Waals surface area contributed by atoms with Crippen molar-refractivity contribution in [2.75, 3.05) is 7.11 Å². The van der Waals surface area contributed by atoms with Gasteiger partial charge in [0.15, 0.2) is 0 Å². The van der Waals surface area contributed by atoms with E-state index in [0.29, 0.717) is 28.5 Å². The van der Waals surface area contributed by atoms with E-state index >= 15 is 0 Å². The first-order valence-corrected chi connectivity index (χ1v) is 6.48. The van der Waals surface area contributed by atoms with Crippen molar-refractivity contribution < 1.29 is 13.9 Å². The van der Waals surface area contributed by atoms with Crippen LogP contribution in [0.2, 0.25) is 5.02 Å². The van der Waals surface area contributed by atoms with E-state index in [4.69, 9.17) is 11.6 Å². The molecule has 0 aliphatic carbocycles. The molecule has 0 aliphatic rings. The van der Waals surface area contributed by atoms with Crippen molar-refractivity contribution in [3.8, 4) is 11.3 Å². The Balaban J connectivity index is 2.64. The molecule has 0 amide bonds. The summed E-state index contributed by atoms with van der Waals surface area (Å²) in [5.74, 6) is -1.12. The van der Waals surface area contributed by atoms with Crippen LogP contribution in [0.3, 0.4) is 0 Å². The molecule has 106 valence electrons. The number of rotatable bonds is 3. The largest absolute Gasteiger partial charge is 0.465 e. The van der Waals surface area contributed by atoms with Gasteiger partial charge in [0.1, 0.15) is 5.82 Å². The molecule has 0 atom stereocenters. The summed E-state index contributed by atoms with van der Waals surface area (Å²) in [5, 5.41) is 4.73. The number of carbonyl (C=O) groups is 1. The van der Waals surface area contributed by atoms with E-state index in [1.165, 1.54) is 13.2 Å². The van der Waals surface area contributed by atoms with Gasteiger partial charge in [0, 0.05) is 12.1 Å². The molecule has 0 aliphatic heterocycles. The minimum atomic E-state index is -0.596. The molecular formula is C14H14ClFN2O2. The van der Waals surface area contributed by atoms with E-state index in [1.807, 2.05) is 6.92 Å². The third kappa shape index (κ3) is 2.54. The molecule has 1 aromatic heterocycles. The van der Waals surface area contributed by atoms with Crippen molar-refractivity contribution in [2.24, 2.45) is 0 Å². The zero-order valence-electron chi connectivity index (χ0n) is 11.4. The molecule has 0 spiro atoms. The number of methoxy groups -OCH3 is 1. The van der Waals surface area contributed by atoms with Crippen LogP contribution in [0.1, 0.15) is 23.0 Å². The van der Waals surface area contributed by atoms with E-state index < -0.39 is 11.8 Å².